The number of nitrogens with one attached hydrogen (secondary N) is 2. The zero-order chi connectivity index (χ0) is 18.1. The summed E-state index contributed by atoms with van der Waals surface area (Å²) >= 11 is 1.07. The Morgan fingerprint density at radius 1 is 1.23 bits per heavy atom. The van der Waals surface area contributed by atoms with Crippen LogP contribution in [-0.4, -0.2) is 55.4 Å². The summed E-state index contributed by atoms with van der Waals surface area (Å²) in [5.41, 5.74) is 0.862. The van der Waals surface area contributed by atoms with Gasteiger partial charge in [-0.05, 0) is 12.1 Å². The lowest BCUT2D eigenvalue weighted by Crippen LogP contribution is -2.35. The van der Waals surface area contributed by atoms with Gasteiger partial charge in [0.15, 0.2) is 10.8 Å². The third-order valence-electron chi connectivity index (χ3n) is 3.91. The predicted molar refractivity (Wildman–Crippen MR) is 95.3 cm³/mol. The van der Waals surface area contributed by atoms with Crippen LogP contribution in [0.2, 0.25) is 0 Å². The number of nitrogens with zero attached hydrogens (tertiary/aromatic N) is 4. The van der Waals surface area contributed by atoms with E-state index in [2.05, 4.69) is 20.4 Å². The van der Waals surface area contributed by atoms with Crippen molar-refractivity contribution in [1.29, 1.82) is 0 Å². The van der Waals surface area contributed by atoms with Crippen LogP contribution in [0.5, 0.6) is 0 Å². The number of H-pyrrole nitrogens is 1. The molecule has 0 radical (unpaired) electrons. The molecule has 2 aromatic heterocycles. The molecule has 4 rings (SSSR count). The molecule has 0 spiro atoms. The first-order valence-electron chi connectivity index (χ1n) is 7.88. The molecule has 0 bridgehead atoms. The highest BCUT2D eigenvalue weighted by Gasteiger charge is 2.26. The first kappa shape index (κ1) is 16.3. The number of thioether (sulfide) groups is 1. The maximum atomic E-state index is 12.3. The smallest absolute Gasteiger partial charge is 0.324 e. The van der Waals surface area contributed by atoms with E-state index in [9.17, 15) is 14.4 Å². The third-order valence-corrected chi connectivity index (χ3v) is 4.77. The van der Waals surface area contributed by atoms with E-state index in [1.54, 1.807) is 4.68 Å². The van der Waals surface area contributed by atoms with Crippen molar-refractivity contribution in [2.75, 3.05) is 18.8 Å². The van der Waals surface area contributed by atoms with E-state index in [0.29, 0.717) is 29.3 Å². The molecule has 3 amide bonds. The Morgan fingerprint density at radius 2 is 2.04 bits per heavy atom. The number of carbonyl (C=O) groups is 2. The second-order valence-electron chi connectivity index (χ2n) is 5.57. The molecule has 3 heterocycles. The Morgan fingerprint density at radius 3 is 2.77 bits per heavy atom. The summed E-state index contributed by atoms with van der Waals surface area (Å²) < 4.78 is 1.57. The summed E-state index contributed by atoms with van der Waals surface area (Å²) in [5, 5.41) is 7.47. The normalized spacial score (nSPS) is 14.0. The molecular weight excluding hydrogens is 356 g/mol. The van der Waals surface area contributed by atoms with Crippen molar-refractivity contribution in [3.05, 3.63) is 46.9 Å². The van der Waals surface area contributed by atoms with Gasteiger partial charge in [-0.15, -0.1) is 0 Å². The number of aromatic amines is 1. The SMILES string of the molecule is O=C(CSc1nc2c(cnn2-c2ccccc2)c(=O)[nH]1)N1CCNC1=O. The summed E-state index contributed by atoms with van der Waals surface area (Å²) in [6, 6.07) is 8.94. The van der Waals surface area contributed by atoms with Crippen LogP contribution in [0, 0.1) is 0 Å². The number of urea groups is 1. The number of hydrogen-bond donors (Lipinski definition) is 2. The number of carbonyl (C=O) groups excluding carboxylic acids is 2. The van der Waals surface area contributed by atoms with E-state index in [0.717, 1.165) is 22.3 Å². The number of fused-ring (bicyclic) bond motifs is 1. The molecule has 1 saturated heterocycles. The molecule has 0 aliphatic carbocycles. The number of aromatic nitrogens is 4. The van der Waals surface area contributed by atoms with E-state index < -0.39 is 6.03 Å². The van der Waals surface area contributed by atoms with Crippen molar-refractivity contribution in [2.45, 2.75) is 5.16 Å². The van der Waals surface area contributed by atoms with Crippen molar-refractivity contribution in [3.63, 3.8) is 0 Å². The van der Waals surface area contributed by atoms with Gasteiger partial charge < -0.3 is 10.3 Å². The maximum absolute atomic E-state index is 12.3. The molecule has 2 N–H and O–H groups in total. The monoisotopic (exact) mass is 370 g/mol. The van der Waals surface area contributed by atoms with Gasteiger partial charge in [0.05, 0.1) is 17.6 Å². The van der Waals surface area contributed by atoms with Crippen LogP contribution in [0.4, 0.5) is 4.79 Å². The summed E-state index contributed by atoms with van der Waals surface area (Å²) in [6.45, 7) is 0.800. The van der Waals surface area contributed by atoms with Crippen molar-refractivity contribution in [1.82, 2.24) is 30.0 Å². The molecule has 26 heavy (non-hydrogen) atoms. The van der Waals surface area contributed by atoms with Gasteiger partial charge in [0.1, 0.15) is 5.39 Å². The lowest BCUT2D eigenvalue weighted by molar-refractivity contribution is -0.124. The first-order valence-corrected chi connectivity index (χ1v) is 8.86. The second-order valence-corrected chi connectivity index (χ2v) is 6.53. The van der Waals surface area contributed by atoms with Crippen LogP contribution < -0.4 is 10.9 Å². The fourth-order valence-electron chi connectivity index (χ4n) is 2.64. The van der Waals surface area contributed by atoms with Crippen LogP contribution in [0.1, 0.15) is 0 Å². The molecule has 1 aromatic carbocycles. The molecule has 132 valence electrons. The first-order chi connectivity index (χ1) is 12.6. The van der Waals surface area contributed by atoms with Crippen LogP contribution in [0.15, 0.2) is 46.5 Å². The average Bonchev–Trinajstić information content (AvgIpc) is 3.27. The molecule has 0 saturated carbocycles. The molecule has 0 unspecified atom stereocenters. The van der Waals surface area contributed by atoms with Gasteiger partial charge in [0, 0.05) is 13.1 Å². The quantitative estimate of drug-likeness (QED) is 0.518. The highest BCUT2D eigenvalue weighted by molar-refractivity contribution is 7.99. The van der Waals surface area contributed by atoms with Crippen molar-refractivity contribution < 1.29 is 9.59 Å². The minimum atomic E-state index is -0.394. The minimum absolute atomic E-state index is 0.00133. The third kappa shape index (κ3) is 2.94. The Bertz CT molecular complexity index is 1050. The van der Waals surface area contributed by atoms with Gasteiger partial charge in [0.2, 0.25) is 5.91 Å². The standard InChI is InChI=1S/C16H14N6O3S/c23-12(21-7-6-17-16(21)25)9-26-15-19-13-11(14(24)20-15)8-18-22(13)10-4-2-1-3-5-10/h1-5,8H,6-7,9H2,(H,17,25)(H,19,20,24). The Balaban J connectivity index is 1.61. The lowest BCUT2D eigenvalue weighted by Gasteiger charge is -2.11. The summed E-state index contributed by atoms with van der Waals surface area (Å²) in [4.78, 5) is 44.1. The summed E-state index contributed by atoms with van der Waals surface area (Å²) in [5.74, 6) is -0.328. The predicted octanol–water partition coefficient (Wildman–Crippen LogP) is 0.753. The van der Waals surface area contributed by atoms with Gasteiger partial charge >= 0.3 is 6.03 Å². The highest BCUT2D eigenvalue weighted by atomic mass is 32.2. The van der Waals surface area contributed by atoms with Crippen LogP contribution >= 0.6 is 11.8 Å². The summed E-state index contributed by atoms with van der Waals surface area (Å²) in [6.07, 6.45) is 1.46. The van der Waals surface area contributed by atoms with Crippen LogP contribution in [-0.2, 0) is 4.79 Å². The second kappa shape index (κ2) is 6.64. The number of hydrogen-bond acceptors (Lipinski definition) is 6. The van der Waals surface area contributed by atoms with Gasteiger partial charge in [-0.1, -0.05) is 30.0 Å². The van der Waals surface area contributed by atoms with E-state index in [1.165, 1.54) is 6.20 Å². The number of rotatable bonds is 4. The van der Waals surface area contributed by atoms with E-state index >= 15 is 0 Å². The molecule has 1 fully saturated rings. The molecular formula is C16H14N6O3S. The molecule has 1 aliphatic heterocycles. The average molecular weight is 370 g/mol. The Labute approximate surface area is 151 Å². The van der Waals surface area contributed by atoms with E-state index in [4.69, 9.17) is 0 Å². The number of para-hydroxylation sites is 1. The van der Waals surface area contributed by atoms with Crippen molar-refractivity contribution in [3.8, 4) is 5.69 Å². The van der Waals surface area contributed by atoms with Crippen LogP contribution in [0.3, 0.4) is 0 Å². The fourth-order valence-corrected chi connectivity index (χ4v) is 3.37. The zero-order valence-corrected chi connectivity index (χ0v) is 14.3. The highest BCUT2D eigenvalue weighted by Crippen LogP contribution is 2.18. The molecule has 10 heteroatoms. The van der Waals surface area contributed by atoms with Gasteiger partial charge in [-0.3, -0.25) is 14.5 Å². The topological polar surface area (TPSA) is 113 Å². The summed E-state index contributed by atoms with van der Waals surface area (Å²) in [7, 11) is 0. The Kier molecular flexibility index (Phi) is 4.17. The molecule has 1 aliphatic rings. The van der Waals surface area contributed by atoms with Crippen LogP contribution in [0.25, 0.3) is 16.7 Å². The van der Waals surface area contributed by atoms with E-state index in [1.807, 2.05) is 30.3 Å². The largest absolute Gasteiger partial charge is 0.336 e. The molecule has 3 aromatic rings. The van der Waals surface area contributed by atoms with Gasteiger partial charge in [0.25, 0.3) is 5.56 Å². The number of imide groups is 1. The van der Waals surface area contributed by atoms with Crippen molar-refractivity contribution >= 4 is 34.7 Å². The molecule has 0 atom stereocenters. The zero-order valence-electron chi connectivity index (χ0n) is 13.5. The Hall–Kier alpha value is -3.14. The number of amides is 3. The lowest BCUT2D eigenvalue weighted by atomic mass is 10.3. The van der Waals surface area contributed by atoms with Crippen molar-refractivity contribution in [2.24, 2.45) is 0 Å². The van der Waals surface area contributed by atoms with E-state index in [-0.39, 0.29) is 17.2 Å². The maximum Gasteiger partial charge on any atom is 0.324 e. The number of benzene rings is 1. The van der Waals surface area contributed by atoms with Gasteiger partial charge in [-0.25, -0.2) is 14.5 Å². The fraction of sp³-hybridized carbons (Fsp3) is 0.188. The minimum Gasteiger partial charge on any atom is -0.336 e. The van der Waals surface area contributed by atoms with Gasteiger partial charge in [-0.2, -0.15) is 5.10 Å². The molecule has 9 nitrogen and oxygen atoms in total.